The minimum Gasteiger partial charge on any atom is -0.383 e. The molecule has 1 atom stereocenters. The number of carbonyl (C=O) groups excluding carboxylic acids is 1. The van der Waals surface area contributed by atoms with Gasteiger partial charge in [-0.05, 0) is 17.7 Å². The summed E-state index contributed by atoms with van der Waals surface area (Å²) in [5.74, 6) is 0.510. The van der Waals surface area contributed by atoms with Gasteiger partial charge in [0.25, 0.3) is 5.69 Å². The van der Waals surface area contributed by atoms with Crippen molar-refractivity contribution in [3.63, 3.8) is 0 Å². The lowest BCUT2D eigenvalue weighted by Crippen LogP contribution is -2.31. The second-order valence-electron chi connectivity index (χ2n) is 4.09. The first-order chi connectivity index (χ1) is 9.13. The van der Waals surface area contributed by atoms with E-state index in [-0.39, 0.29) is 17.0 Å². The molecule has 1 aromatic carbocycles. The van der Waals surface area contributed by atoms with Gasteiger partial charge in [-0.25, -0.2) is 0 Å². The highest BCUT2D eigenvalue weighted by atomic mass is 32.2. The van der Waals surface area contributed by atoms with Gasteiger partial charge in [-0.15, -0.1) is 11.8 Å². The van der Waals surface area contributed by atoms with Crippen LogP contribution in [0.2, 0.25) is 0 Å². The molecular weight excluding hydrogens is 268 g/mol. The Kier molecular flexibility index (Phi) is 4.39. The zero-order chi connectivity index (χ0) is 13.8. The van der Waals surface area contributed by atoms with Crippen LogP contribution >= 0.6 is 11.8 Å². The third kappa shape index (κ3) is 3.05. The molecule has 0 radical (unpaired) electrons. The number of nitro benzene ring substituents is 1. The Bertz CT molecular complexity index is 477. The SMILES string of the molecule is COCCN1C(=O)CSC1c1ccc([N+](=O)[O-])cc1. The predicted octanol–water partition coefficient (Wildman–Crippen LogP) is 1.82. The van der Waals surface area contributed by atoms with E-state index in [4.69, 9.17) is 4.74 Å². The Morgan fingerprint density at radius 2 is 2.16 bits per heavy atom. The van der Waals surface area contributed by atoms with Crippen molar-refractivity contribution >= 4 is 23.4 Å². The highest BCUT2D eigenvalue weighted by Crippen LogP contribution is 2.38. The minimum absolute atomic E-state index is 0.0570. The summed E-state index contributed by atoms with van der Waals surface area (Å²) in [6.07, 6.45) is 0. The number of nitro groups is 1. The van der Waals surface area contributed by atoms with Crippen LogP contribution in [-0.2, 0) is 9.53 Å². The molecule has 1 heterocycles. The molecular formula is C12H14N2O4S. The number of hydrogen-bond donors (Lipinski definition) is 0. The summed E-state index contributed by atoms with van der Waals surface area (Å²) in [5.41, 5.74) is 0.957. The van der Waals surface area contributed by atoms with Crippen LogP contribution < -0.4 is 0 Å². The van der Waals surface area contributed by atoms with E-state index in [1.54, 1.807) is 24.1 Å². The number of rotatable bonds is 5. The topological polar surface area (TPSA) is 72.7 Å². The van der Waals surface area contributed by atoms with Crippen LogP contribution in [0, 0.1) is 10.1 Å². The standard InChI is InChI=1S/C12H14N2O4S/c1-18-7-6-13-11(15)8-19-12(13)9-2-4-10(5-3-9)14(16)17/h2-5,12H,6-8H2,1H3. The molecule has 6 nitrogen and oxygen atoms in total. The maximum absolute atomic E-state index is 11.8. The average Bonchev–Trinajstić information content (AvgIpc) is 2.78. The molecule has 0 aromatic heterocycles. The van der Waals surface area contributed by atoms with Crippen molar-refractivity contribution in [3.05, 3.63) is 39.9 Å². The third-order valence-corrected chi connectivity index (χ3v) is 4.15. The van der Waals surface area contributed by atoms with Gasteiger partial charge in [0.2, 0.25) is 5.91 Å². The monoisotopic (exact) mass is 282 g/mol. The first-order valence-electron chi connectivity index (χ1n) is 5.78. The number of hydrogen-bond acceptors (Lipinski definition) is 5. The van der Waals surface area contributed by atoms with Crippen molar-refractivity contribution in [2.24, 2.45) is 0 Å². The summed E-state index contributed by atoms with van der Waals surface area (Å²) < 4.78 is 4.99. The number of non-ortho nitro benzene ring substituents is 1. The Morgan fingerprint density at radius 3 is 2.74 bits per heavy atom. The molecule has 1 aliphatic rings. The van der Waals surface area contributed by atoms with Gasteiger partial charge in [0, 0.05) is 25.8 Å². The fraction of sp³-hybridized carbons (Fsp3) is 0.417. The molecule has 1 amide bonds. The van der Waals surface area contributed by atoms with Gasteiger partial charge >= 0.3 is 0 Å². The Morgan fingerprint density at radius 1 is 1.47 bits per heavy atom. The number of benzene rings is 1. The highest BCUT2D eigenvalue weighted by molar-refractivity contribution is 8.00. The number of nitrogens with zero attached hydrogens (tertiary/aromatic N) is 2. The molecule has 0 bridgehead atoms. The van der Waals surface area contributed by atoms with E-state index >= 15 is 0 Å². The molecule has 0 saturated carbocycles. The van der Waals surface area contributed by atoms with Crippen LogP contribution in [0.1, 0.15) is 10.9 Å². The lowest BCUT2D eigenvalue weighted by atomic mass is 10.2. The number of amides is 1. The van der Waals surface area contributed by atoms with Crippen molar-refractivity contribution < 1.29 is 14.5 Å². The first-order valence-corrected chi connectivity index (χ1v) is 6.82. The summed E-state index contributed by atoms with van der Waals surface area (Å²) in [7, 11) is 1.59. The molecule has 0 spiro atoms. The van der Waals surface area contributed by atoms with Gasteiger partial charge in [-0.1, -0.05) is 0 Å². The largest absolute Gasteiger partial charge is 0.383 e. The second kappa shape index (κ2) is 6.03. The summed E-state index contributed by atoms with van der Waals surface area (Å²) >= 11 is 1.53. The summed E-state index contributed by atoms with van der Waals surface area (Å²) in [4.78, 5) is 23.7. The Balaban J connectivity index is 2.15. The van der Waals surface area contributed by atoms with Crippen LogP contribution in [0.15, 0.2) is 24.3 Å². The maximum atomic E-state index is 11.8. The summed E-state index contributed by atoms with van der Waals surface area (Å²) in [5, 5.41) is 10.5. The molecule has 1 fully saturated rings. The van der Waals surface area contributed by atoms with E-state index in [1.807, 2.05) is 0 Å². The van der Waals surface area contributed by atoms with Gasteiger partial charge in [0.15, 0.2) is 0 Å². The van der Waals surface area contributed by atoms with E-state index in [1.165, 1.54) is 23.9 Å². The van der Waals surface area contributed by atoms with Crippen LogP contribution in [-0.4, -0.2) is 41.7 Å². The van der Waals surface area contributed by atoms with E-state index in [0.29, 0.717) is 18.9 Å². The van der Waals surface area contributed by atoms with Crippen molar-refractivity contribution in [3.8, 4) is 0 Å². The fourth-order valence-electron chi connectivity index (χ4n) is 1.92. The fourth-order valence-corrected chi connectivity index (χ4v) is 3.14. The van der Waals surface area contributed by atoms with Crippen molar-refractivity contribution in [2.75, 3.05) is 26.0 Å². The number of carbonyl (C=O) groups is 1. The van der Waals surface area contributed by atoms with E-state index in [9.17, 15) is 14.9 Å². The Hall–Kier alpha value is -1.60. The molecule has 19 heavy (non-hydrogen) atoms. The summed E-state index contributed by atoms with van der Waals surface area (Å²) in [6.45, 7) is 1.01. The molecule has 1 saturated heterocycles. The molecule has 1 aliphatic heterocycles. The molecule has 7 heteroatoms. The van der Waals surface area contributed by atoms with Crippen LogP contribution in [0.5, 0.6) is 0 Å². The molecule has 0 N–H and O–H groups in total. The van der Waals surface area contributed by atoms with Crippen molar-refractivity contribution in [1.29, 1.82) is 0 Å². The van der Waals surface area contributed by atoms with Gasteiger partial charge in [0.1, 0.15) is 5.37 Å². The molecule has 1 aromatic rings. The van der Waals surface area contributed by atoms with Crippen molar-refractivity contribution in [2.45, 2.75) is 5.37 Å². The van der Waals surface area contributed by atoms with Crippen LogP contribution in [0.25, 0.3) is 0 Å². The molecule has 1 unspecified atom stereocenters. The summed E-state index contributed by atoms with van der Waals surface area (Å²) in [6, 6.07) is 6.34. The first kappa shape index (κ1) is 13.8. The highest BCUT2D eigenvalue weighted by Gasteiger charge is 2.32. The van der Waals surface area contributed by atoms with E-state index in [0.717, 1.165) is 5.56 Å². The predicted molar refractivity (Wildman–Crippen MR) is 71.9 cm³/mol. The second-order valence-corrected chi connectivity index (χ2v) is 5.16. The zero-order valence-electron chi connectivity index (χ0n) is 10.4. The quantitative estimate of drug-likeness (QED) is 0.608. The number of ether oxygens (including phenoxy) is 1. The lowest BCUT2D eigenvalue weighted by molar-refractivity contribution is -0.384. The molecule has 102 valence electrons. The van der Waals surface area contributed by atoms with Gasteiger partial charge in [-0.3, -0.25) is 14.9 Å². The van der Waals surface area contributed by atoms with Crippen molar-refractivity contribution in [1.82, 2.24) is 4.90 Å². The van der Waals surface area contributed by atoms with E-state index < -0.39 is 4.92 Å². The average molecular weight is 282 g/mol. The lowest BCUT2D eigenvalue weighted by Gasteiger charge is -2.23. The Labute approximate surface area is 114 Å². The molecule has 2 rings (SSSR count). The number of thioether (sulfide) groups is 1. The normalized spacial score (nSPS) is 18.9. The minimum atomic E-state index is -0.431. The zero-order valence-corrected chi connectivity index (χ0v) is 11.3. The van der Waals surface area contributed by atoms with Gasteiger partial charge in [0.05, 0.1) is 17.3 Å². The van der Waals surface area contributed by atoms with Crippen LogP contribution in [0.3, 0.4) is 0 Å². The third-order valence-electron chi connectivity index (χ3n) is 2.89. The molecule has 0 aliphatic carbocycles. The van der Waals surface area contributed by atoms with E-state index in [2.05, 4.69) is 0 Å². The van der Waals surface area contributed by atoms with Gasteiger partial charge in [-0.2, -0.15) is 0 Å². The van der Waals surface area contributed by atoms with Gasteiger partial charge < -0.3 is 9.64 Å². The maximum Gasteiger partial charge on any atom is 0.269 e. The number of methoxy groups -OCH3 is 1. The smallest absolute Gasteiger partial charge is 0.269 e. The van der Waals surface area contributed by atoms with Crippen LogP contribution in [0.4, 0.5) is 5.69 Å².